The topological polar surface area (TPSA) is 95.5 Å². The quantitative estimate of drug-likeness (QED) is 0.496. The van der Waals surface area contributed by atoms with E-state index in [2.05, 4.69) is 0 Å². The van der Waals surface area contributed by atoms with Crippen LogP contribution in [-0.2, 0) is 27.0 Å². The number of sulfonamides is 1. The van der Waals surface area contributed by atoms with Crippen LogP contribution >= 0.6 is 0 Å². The fourth-order valence-corrected chi connectivity index (χ4v) is 2.43. The van der Waals surface area contributed by atoms with Gasteiger partial charge in [0.1, 0.15) is 0 Å². The summed E-state index contributed by atoms with van der Waals surface area (Å²) in [7, 11) is -3.64. The molecule has 0 bridgehead atoms. The first-order valence-electron chi connectivity index (χ1n) is 3.89. The van der Waals surface area contributed by atoms with Crippen molar-refractivity contribution in [1.82, 2.24) is 9.66 Å². The molecule has 0 fully saturated rings. The second kappa shape index (κ2) is 5.33. The zero-order valence-electron chi connectivity index (χ0n) is 7.58. The number of benzene rings is 1. The van der Waals surface area contributed by atoms with E-state index in [1.54, 1.807) is 40.0 Å². The van der Waals surface area contributed by atoms with Crippen LogP contribution in [-0.4, -0.2) is 17.2 Å². The van der Waals surface area contributed by atoms with E-state index in [4.69, 9.17) is 4.55 Å². The third-order valence-electron chi connectivity index (χ3n) is 1.48. The molecule has 1 unspecified atom stereocenters. The van der Waals surface area contributed by atoms with Crippen molar-refractivity contribution >= 4 is 21.3 Å². The molecule has 0 aliphatic heterocycles. The molecule has 0 aliphatic rings. The van der Waals surface area contributed by atoms with Crippen LogP contribution in [0.25, 0.3) is 0 Å². The number of nitrogens with one attached hydrogen (secondary N) is 2. The van der Waals surface area contributed by atoms with Gasteiger partial charge in [-0.05, 0) is 5.56 Å². The Morgan fingerprint density at radius 3 is 2.40 bits per heavy atom. The van der Waals surface area contributed by atoms with Crippen LogP contribution in [0, 0.1) is 0 Å². The van der Waals surface area contributed by atoms with Crippen molar-refractivity contribution in [2.45, 2.75) is 5.75 Å². The molecular formula is C7H10N2O4S2. The maximum atomic E-state index is 11.3. The van der Waals surface area contributed by atoms with Crippen molar-refractivity contribution in [3.8, 4) is 0 Å². The Bertz CT molecular complexity index is 432. The summed E-state index contributed by atoms with van der Waals surface area (Å²) in [4.78, 5) is 3.47. The van der Waals surface area contributed by atoms with Crippen molar-refractivity contribution in [2.75, 3.05) is 0 Å². The zero-order chi connectivity index (χ0) is 11.3. The average Bonchev–Trinajstić information content (AvgIpc) is 2.16. The zero-order valence-corrected chi connectivity index (χ0v) is 9.22. The average molecular weight is 250 g/mol. The lowest BCUT2D eigenvalue weighted by Crippen LogP contribution is -2.38. The van der Waals surface area contributed by atoms with E-state index in [1.165, 1.54) is 0 Å². The van der Waals surface area contributed by atoms with E-state index in [0.717, 1.165) is 0 Å². The number of hydrogen-bond donors (Lipinski definition) is 3. The third kappa shape index (κ3) is 5.00. The third-order valence-corrected chi connectivity index (χ3v) is 3.02. The van der Waals surface area contributed by atoms with E-state index >= 15 is 0 Å². The highest BCUT2D eigenvalue weighted by Gasteiger charge is 2.11. The predicted molar refractivity (Wildman–Crippen MR) is 56.1 cm³/mol. The van der Waals surface area contributed by atoms with Crippen LogP contribution in [0.3, 0.4) is 0 Å². The largest absolute Gasteiger partial charge is 0.293 e. The minimum Gasteiger partial charge on any atom is -0.293 e. The molecule has 0 spiro atoms. The minimum atomic E-state index is -3.64. The maximum absolute atomic E-state index is 11.3. The molecule has 0 saturated carbocycles. The van der Waals surface area contributed by atoms with Crippen molar-refractivity contribution in [2.24, 2.45) is 0 Å². The lowest BCUT2D eigenvalue weighted by molar-refractivity contribution is 0.535. The van der Waals surface area contributed by atoms with Crippen molar-refractivity contribution in [1.29, 1.82) is 0 Å². The summed E-state index contributed by atoms with van der Waals surface area (Å²) in [6.07, 6.45) is 0. The first-order valence-corrected chi connectivity index (χ1v) is 6.65. The second-order valence-corrected chi connectivity index (χ2v) is 5.12. The van der Waals surface area contributed by atoms with Gasteiger partial charge >= 0.3 is 0 Å². The molecular weight excluding hydrogens is 240 g/mol. The molecule has 15 heavy (non-hydrogen) atoms. The molecule has 0 saturated heterocycles. The Balaban J connectivity index is 2.61. The second-order valence-electron chi connectivity index (χ2n) is 2.70. The van der Waals surface area contributed by atoms with Gasteiger partial charge < -0.3 is 0 Å². The van der Waals surface area contributed by atoms with E-state index in [1.807, 2.05) is 0 Å². The van der Waals surface area contributed by atoms with Crippen LogP contribution in [0.2, 0.25) is 0 Å². The standard InChI is InChI=1S/C7H10N2O4S2/c10-14(11)8-9-15(12,13)6-7-4-2-1-3-5-7/h1-5,8-9H,6H2,(H,10,11). The molecule has 0 radical (unpaired) electrons. The van der Waals surface area contributed by atoms with Crippen molar-refractivity contribution < 1.29 is 17.2 Å². The Kier molecular flexibility index (Phi) is 4.36. The summed E-state index contributed by atoms with van der Waals surface area (Å²) in [6, 6.07) is 8.49. The molecule has 1 aromatic rings. The van der Waals surface area contributed by atoms with Crippen LogP contribution < -0.4 is 9.66 Å². The first kappa shape index (κ1) is 12.3. The fourth-order valence-electron chi connectivity index (χ4n) is 0.929. The predicted octanol–water partition coefficient (Wildman–Crippen LogP) is -0.253. The van der Waals surface area contributed by atoms with Crippen molar-refractivity contribution in [3.05, 3.63) is 35.9 Å². The van der Waals surface area contributed by atoms with Gasteiger partial charge in [-0.3, -0.25) is 4.55 Å². The monoisotopic (exact) mass is 250 g/mol. The number of hydrazine groups is 1. The Morgan fingerprint density at radius 2 is 1.87 bits per heavy atom. The van der Waals surface area contributed by atoms with Gasteiger partial charge in [0, 0.05) is 0 Å². The first-order chi connectivity index (χ1) is 6.99. The normalized spacial score (nSPS) is 13.7. The molecule has 6 nitrogen and oxygen atoms in total. The summed E-state index contributed by atoms with van der Waals surface area (Å²) in [5.74, 6) is -0.252. The van der Waals surface area contributed by atoms with E-state index < -0.39 is 21.3 Å². The van der Waals surface area contributed by atoms with Gasteiger partial charge in [0.25, 0.3) is 0 Å². The van der Waals surface area contributed by atoms with Gasteiger partial charge in [0.2, 0.25) is 21.3 Å². The molecule has 0 heterocycles. The van der Waals surface area contributed by atoms with Gasteiger partial charge in [0.15, 0.2) is 0 Å². The van der Waals surface area contributed by atoms with Gasteiger partial charge in [-0.2, -0.15) is 0 Å². The number of rotatable bonds is 5. The molecule has 3 N–H and O–H groups in total. The SMILES string of the molecule is O=S(O)NNS(=O)(=O)Cc1ccccc1. The van der Waals surface area contributed by atoms with Crippen LogP contribution in [0.5, 0.6) is 0 Å². The van der Waals surface area contributed by atoms with Crippen LogP contribution in [0.15, 0.2) is 30.3 Å². The molecule has 1 atom stereocenters. The van der Waals surface area contributed by atoms with E-state index in [0.29, 0.717) is 5.56 Å². The summed E-state index contributed by atoms with van der Waals surface area (Å²) < 4.78 is 41.1. The summed E-state index contributed by atoms with van der Waals surface area (Å²) in [5, 5.41) is 0. The highest BCUT2D eigenvalue weighted by atomic mass is 32.2. The molecule has 8 heteroatoms. The molecule has 0 aromatic heterocycles. The number of hydrogen-bond acceptors (Lipinski definition) is 3. The summed E-state index contributed by atoms with van der Waals surface area (Å²) in [6.45, 7) is 0. The minimum absolute atomic E-state index is 0.252. The Labute approximate surface area is 90.1 Å². The molecule has 1 rings (SSSR count). The molecule has 84 valence electrons. The van der Waals surface area contributed by atoms with Gasteiger partial charge in [0.05, 0.1) is 5.75 Å². The van der Waals surface area contributed by atoms with Gasteiger partial charge in [-0.25, -0.2) is 12.6 Å². The summed E-state index contributed by atoms with van der Waals surface area (Å²) >= 11 is -2.41. The molecule has 0 aliphatic carbocycles. The summed E-state index contributed by atoms with van der Waals surface area (Å²) in [5.41, 5.74) is 0.593. The smallest absolute Gasteiger partial charge is 0.246 e. The van der Waals surface area contributed by atoms with Crippen LogP contribution in [0.4, 0.5) is 0 Å². The van der Waals surface area contributed by atoms with Gasteiger partial charge in [-0.15, -0.1) is 9.66 Å². The highest BCUT2D eigenvalue weighted by Crippen LogP contribution is 2.02. The Morgan fingerprint density at radius 1 is 1.27 bits per heavy atom. The Hall–Kier alpha value is -0.800. The van der Waals surface area contributed by atoms with E-state index in [9.17, 15) is 12.6 Å². The van der Waals surface area contributed by atoms with Gasteiger partial charge in [-0.1, -0.05) is 30.3 Å². The highest BCUT2D eigenvalue weighted by molar-refractivity contribution is 7.89. The van der Waals surface area contributed by atoms with Crippen LogP contribution in [0.1, 0.15) is 5.56 Å². The van der Waals surface area contributed by atoms with E-state index in [-0.39, 0.29) is 5.75 Å². The molecule has 1 aromatic carbocycles. The maximum Gasteiger partial charge on any atom is 0.246 e. The molecule has 0 amide bonds. The van der Waals surface area contributed by atoms with Crippen molar-refractivity contribution in [3.63, 3.8) is 0 Å². The lowest BCUT2D eigenvalue weighted by Gasteiger charge is -2.04. The fraction of sp³-hybridized carbons (Fsp3) is 0.143. The lowest BCUT2D eigenvalue weighted by atomic mass is 10.2.